The number of nitrogens with zero attached hydrogens (tertiary/aromatic N) is 1. The summed E-state index contributed by atoms with van der Waals surface area (Å²) in [5, 5.41) is 2.80. The Kier molecular flexibility index (Phi) is 8.47. The number of amides is 2. The number of rotatable bonds is 8. The first-order valence-electron chi connectivity index (χ1n) is 10.2. The van der Waals surface area contributed by atoms with Crippen LogP contribution in [-0.2, 0) is 21.5 Å². The van der Waals surface area contributed by atoms with Crippen molar-refractivity contribution in [1.29, 1.82) is 0 Å². The molecule has 0 aliphatic carbocycles. The normalized spacial score (nSPS) is 12.2. The summed E-state index contributed by atoms with van der Waals surface area (Å²) in [4.78, 5) is 27.1. The summed E-state index contributed by atoms with van der Waals surface area (Å²) in [5.74, 6) is 0.264. The molecule has 6 heteroatoms. The number of para-hydroxylation sites is 1. The van der Waals surface area contributed by atoms with Crippen LogP contribution in [0.25, 0.3) is 0 Å². The molecular formula is C24H31BrN2O3. The fraction of sp³-hybridized carbons (Fsp3) is 0.417. The molecule has 0 heterocycles. The Morgan fingerprint density at radius 2 is 1.83 bits per heavy atom. The molecule has 2 amide bonds. The molecule has 0 aromatic heterocycles. The van der Waals surface area contributed by atoms with Gasteiger partial charge in [0, 0.05) is 17.6 Å². The van der Waals surface area contributed by atoms with E-state index in [0.717, 1.165) is 15.6 Å². The second kappa shape index (κ2) is 10.6. The maximum atomic E-state index is 13.1. The van der Waals surface area contributed by atoms with Gasteiger partial charge in [-0.2, -0.15) is 0 Å². The highest BCUT2D eigenvalue weighted by Crippen LogP contribution is 2.31. The largest absolute Gasteiger partial charge is 0.483 e. The van der Waals surface area contributed by atoms with E-state index >= 15 is 0 Å². The molecule has 1 atom stereocenters. The molecule has 0 aliphatic rings. The monoisotopic (exact) mass is 474 g/mol. The molecule has 162 valence electrons. The third kappa shape index (κ3) is 6.59. The van der Waals surface area contributed by atoms with Gasteiger partial charge in [0.05, 0.1) is 0 Å². The predicted octanol–water partition coefficient (Wildman–Crippen LogP) is 4.68. The van der Waals surface area contributed by atoms with E-state index in [4.69, 9.17) is 4.74 Å². The van der Waals surface area contributed by atoms with Crippen LogP contribution in [0.1, 0.15) is 45.7 Å². The van der Waals surface area contributed by atoms with Crippen molar-refractivity contribution in [1.82, 2.24) is 10.2 Å². The van der Waals surface area contributed by atoms with E-state index in [-0.39, 0.29) is 23.8 Å². The van der Waals surface area contributed by atoms with Crippen molar-refractivity contribution < 1.29 is 14.3 Å². The molecule has 0 saturated heterocycles. The van der Waals surface area contributed by atoms with Gasteiger partial charge in [0.15, 0.2) is 6.61 Å². The number of hydrogen-bond acceptors (Lipinski definition) is 3. The zero-order valence-corrected chi connectivity index (χ0v) is 20.0. The number of carbonyl (C=O) groups excluding carboxylic acids is 2. The summed E-state index contributed by atoms with van der Waals surface area (Å²) < 4.78 is 6.85. The van der Waals surface area contributed by atoms with Crippen LogP contribution in [-0.4, -0.2) is 35.9 Å². The van der Waals surface area contributed by atoms with Crippen molar-refractivity contribution in [2.75, 3.05) is 13.2 Å². The van der Waals surface area contributed by atoms with Crippen molar-refractivity contribution in [2.24, 2.45) is 0 Å². The Bertz CT molecular complexity index is 877. The predicted molar refractivity (Wildman–Crippen MR) is 123 cm³/mol. The van der Waals surface area contributed by atoms with Gasteiger partial charge in [-0.05, 0) is 48.6 Å². The maximum absolute atomic E-state index is 13.1. The highest BCUT2D eigenvalue weighted by molar-refractivity contribution is 9.10. The number of nitrogens with one attached hydrogen (secondary N) is 1. The minimum atomic E-state index is -0.613. The lowest BCUT2D eigenvalue weighted by atomic mass is 9.86. The van der Waals surface area contributed by atoms with Crippen molar-refractivity contribution in [2.45, 2.75) is 52.6 Å². The van der Waals surface area contributed by atoms with Gasteiger partial charge in [-0.15, -0.1) is 0 Å². The minimum absolute atomic E-state index is 0.107. The van der Waals surface area contributed by atoms with Gasteiger partial charge in [0.25, 0.3) is 5.91 Å². The summed E-state index contributed by atoms with van der Waals surface area (Å²) in [5.41, 5.74) is 1.86. The zero-order chi connectivity index (χ0) is 22.3. The van der Waals surface area contributed by atoms with Crippen LogP contribution in [0.3, 0.4) is 0 Å². The fourth-order valence-electron chi connectivity index (χ4n) is 3.17. The van der Waals surface area contributed by atoms with Gasteiger partial charge in [0.1, 0.15) is 11.8 Å². The van der Waals surface area contributed by atoms with Crippen LogP contribution in [0, 0.1) is 0 Å². The van der Waals surface area contributed by atoms with Gasteiger partial charge < -0.3 is 15.0 Å². The average molecular weight is 475 g/mol. The van der Waals surface area contributed by atoms with Crippen molar-refractivity contribution in [3.63, 3.8) is 0 Å². The number of halogens is 1. The zero-order valence-electron chi connectivity index (χ0n) is 18.4. The molecule has 2 aromatic carbocycles. The highest BCUT2D eigenvalue weighted by atomic mass is 79.9. The topological polar surface area (TPSA) is 58.6 Å². The molecule has 2 aromatic rings. The fourth-order valence-corrected chi connectivity index (χ4v) is 3.62. The van der Waals surface area contributed by atoms with Crippen molar-refractivity contribution in [3.8, 4) is 5.75 Å². The lowest BCUT2D eigenvalue weighted by Gasteiger charge is -2.29. The molecule has 0 saturated carbocycles. The summed E-state index contributed by atoms with van der Waals surface area (Å²) in [6.07, 6.45) is 0. The molecule has 0 spiro atoms. The lowest BCUT2D eigenvalue weighted by molar-refractivity contribution is -0.142. The van der Waals surface area contributed by atoms with Gasteiger partial charge in [-0.1, -0.05) is 67.0 Å². The molecule has 5 nitrogen and oxygen atoms in total. The standard InChI is InChI=1S/C24H31BrN2O3/c1-6-26-23(29)17(2)27(15-18-10-9-11-19(25)14-18)22(28)16-30-21-13-8-7-12-20(21)24(3,4)5/h7-14,17H,6,15-16H2,1-5H3,(H,26,29)/t17-/m0/s1. The van der Waals surface area contributed by atoms with Crippen LogP contribution in [0.4, 0.5) is 0 Å². The van der Waals surface area contributed by atoms with Gasteiger partial charge in [-0.25, -0.2) is 0 Å². The maximum Gasteiger partial charge on any atom is 0.261 e. The van der Waals surface area contributed by atoms with Crippen LogP contribution in [0.2, 0.25) is 0 Å². The molecular weight excluding hydrogens is 444 g/mol. The first-order valence-corrected chi connectivity index (χ1v) is 11.0. The van der Waals surface area contributed by atoms with Crippen LogP contribution >= 0.6 is 15.9 Å². The van der Waals surface area contributed by atoms with Crippen molar-refractivity contribution in [3.05, 3.63) is 64.1 Å². The van der Waals surface area contributed by atoms with E-state index in [1.54, 1.807) is 11.8 Å². The van der Waals surface area contributed by atoms with E-state index in [1.807, 2.05) is 55.5 Å². The quantitative estimate of drug-likeness (QED) is 0.603. The highest BCUT2D eigenvalue weighted by Gasteiger charge is 2.27. The summed E-state index contributed by atoms with van der Waals surface area (Å²) in [7, 11) is 0. The minimum Gasteiger partial charge on any atom is -0.483 e. The second-order valence-electron chi connectivity index (χ2n) is 8.26. The Morgan fingerprint density at radius 3 is 2.47 bits per heavy atom. The van der Waals surface area contributed by atoms with Gasteiger partial charge in [-0.3, -0.25) is 9.59 Å². The SMILES string of the molecule is CCNC(=O)[C@H](C)N(Cc1cccc(Br)c1)C(=O)COc1ccccc1C(C)(C)C. The van der Waals surface area contributed by atoms with E-state index < -0.39 is 6.04 Å². The lowest BCUT2D eigenvalue weighted by Crippen LogP contribution is -2.49. The second-order valence-corrected chi connectivity index (χ2v) is 9.17. The molecule has 0 fully saturated rings. The summed E-state index contributed by atoms with van der Waals surface area (Å²) >= 11 is 3.46. The number of hydrogen-bond donors (Lipinski definition) is 1. The Morgan fingerprint density at radius 1 is 1.13 bits per heavy atom. The molecule has 0 unspecified atom stereocenters. The van der Waals surface area contributed by atoms with E-state index in [9.17, 15) is 9.59 Å². The number of carbonyl (C=O) groups is 2. The van der Waals surface area contributed by atoms with E-state index in [2.05, 4.69) is 42.0 Å². The molecule has 0 aliphatic heterocycles. The van der Waals surface area contributed by atoms with Gasteiger partial charge >= 0.3 is 0 Å². The van der Waals surface area contributed by atoms with Crippen LogP contribution in [0.5, 0.6) is 5.75 Å². The third-order valence-corrected chi connectivity index (χ3v) is 5.30. The molecule has 2 rings (SSSR count). The first kappa shape index (κ1) is 23.9. The van der Waals surface area contributed by atoms with E-state index in [1.165, 1.54) is 0 Å². The van der Waals surface area contributed by atoms with Crippen LogP contribution in [0.15, 0.2) is 53.0 Å². The van der Waals surface area contributed by atoms with E-state index in [0.29, 0.717) is 18.8 Å². The number of likely N-dealkylation sites (N-methyl/N-ethyl adjacent to an activating group) is 1. The smallest absolute Gasteiger partial charge is 0.261 e. The average Bonchev–Trinajstić information content (AvgIpc) is 2.69. The summed E-state index contributed by atoms with van der Waals surface area (Å²) in [6, 6.07) is 14.8. The number of ether oxygens (including phenoxy) is 1. The number of benzene rings is 2. The third-order valence-electron chi connectivity index (χ3n) is 4.81. The molecule has 1 N–H and O–H groups in total. The molecule has 0 radical (unpaired) electrons. The Balaban J connectivity index is 2.21. The Labute approximate surface area is 187 Å². The van der Waals surface area contributed by atoms with Crippen LogP contribution < -0.4 is 10.1 Å². The van der Waals surface area contributed by atoms with Gasteiger partial charge in [0.2, 0.25) is 5.91 Å². The van der Waals surface area contributed by atoms with Crippen molar-refractivity contribution >= 4 is 27.7 Å². The summed E-state index contributed by atoms with van der Waals surface area (Å²) in [6.45, 7) is 10.6. The Hall–Kier alpha value is -2.34. The molecule has 30 heavy (non-hydrogen) atoms. The first-order chi connectivity index (χ1) is 14.1. The molecule has 0 bridgehead atoms.